The van der Waals surface area contributed by atoms with E-state index in [4.69, 9.17) is 9.47 Å². The van der Waals surface area contributed by atoms with Crippen LogP contribution in [0.5, 0.6) is 0 Å². The Morgan fingerprint density at radius 2 is 0.800 bits per heavy atom. The first-order chi connectivity index (χ1) is 24.6. The highest BCUT2D eigenvalue weighted by Crippen LogP contribution is 2.14. The van der Waals surface area contributed by atoms with E-state index >= 15 is 0 Å². The Morgan fingerprint density at radius 1 is 0.460 bits per heavy atom. The zero-order chi connectivity index (χ0) is 36.4. The molecule has 1 atom stereocenters. The van der Waals surface area contributed by atoms with E-state index in [1.165, 1.54) is 141 Å². The molecule has 0 rings (SSSR count). The summed E-state index contributed by atoms with van der Waals surface area (Å²) in [6.45, 7) is 4.11. The summed E-state index contributed by atoms with van der Waals surface area (Å²) in [6.07, 6.45) is 50.6. The van der Waals surface area contributed by atoms with Gasteiger partial charge in [0.2, 0.25) is 0 Å². The number of esters is 2. The van der Waals surface area contributed by atoms with Crippen molar-refractivity contribution in [2.75, 3.05) is 13.2 Å². The van der Waals surface area contributed by atoms with Crippen molar-refractivity contribution in [3.05, 3.63) is 36.5 Å². The number of aliphatic hydroxyl groups excluding tert-OH is 1. The van der Waals surface area contributed by atoms with Crippen molar-refractivity contribution in [1.29, 1.82) is 0 Å². The van der Waals surface area contributed by atoms with Crippen LogP contribution < -0.4 is 0 Å². The highest BCUT2D eigenvalue weighted by Gasteiger charge is 2.16. The van der Waals surface area contributed by atoms with Gasteiger partial charge in [0.25, 0.3) is 0 Å². The Morgan fingerprint density at radius 3 is 1.24 bits per heavy atom. The monoisotopic (exact) mass is 703 g/mol. The summed E-state index contributed by atoms with van der Waals surface area (Å²) in [4.78, 5) is 24.3. The predicted molar refractivity (Wildman–Crippen MR) is 214 cm³/mol. The molecule has 0 aliphatic rings. The summed E-state index contributed by atoms with van der Waals surface area (Å²) in [5, 5.41) is 9.57. The second-order valence-corrected chi connectivity index (χ2v) is 14.4. The van der Waals surface area contributed by atoms with Gasteiger partial charge in [-0.1, -0.05) is 172 Å². The zero-order valence-electron chi connectivity index (χ0n) is 33.2. The topological polar surface area (TPSA) is 72.8 Å². The fraction of sp³-hybridized carbons (Fsp3) is 0.822. The average Bonchev–Trinajstić information content (AvgIpc) is 3.12. The van der Waals surface area contributed by atoms with Crippen molar-refractivity contribution in [2.24, 2.45) is 0 Å². The van der Waals surface area contributed by atoms with E-state index in [1.807, 2.05) is 0 Å². The van der Waals surface area contributed by atoms with Gasteiger partial charge in [0.15, 0.2) is 6.10 Å². The SMILES string of the molecule is CCCCC/C=C\C/C=C\CCCCCCCCCC(=O)OC(CO)COC(=O)CCCCCCCCCCC/C=C\CCCCCCCC. The van der Waals surface area contributed by atoms with Crippen LogP contribution in [0.25, 0.3) is 0 Å². The summed E-state index contributed by atoms with van der Waals surface area (Å²) in [7, 11) is 0. The molecule has 5 heteroatoms. The molecule has 0 aromatic carbocycles. The molecule has 0 aliphatic carbocycles. The van der Waals surface area contributed by atoms with Crippen molar-refractivity contribution in [3.8, 4) is 0 Å². The minimum absolute atomic E-state index is 0.0685. The molecule has 0 radical (unpaired) electrons. The van der Waals surface area contributed by atoms with Crippen LogP contribution in [-0.4, -0.2) is 36.4 Å². The Hall–Kier alpha value is -1.88. The van der Waals surface area contributed by atoms with Crippen molar-refractivity contribution in [2.45, 2.75) is 225 Å². The highest BCUT2D eigenvalue weighted by molar-refractivity contribution is 5.70. The molecule has 1 N–H and O–H groups in total. The van der Waals surface area contributed by atoms with Crippen LogP contribution in [0.2, 0.25) is 0 Å². The summed E-state index contributed by atoms with van der Waals surface area (Å²) in [6, 6.07) is 0. The number of aliphatic hydroxyl groups is 1. The Balaban J connectivity index is 3.54. The van der Waals surface area contributed by atoms with Crippen LogP contribution in [0.4, 0.5) is 0 Å². The van der Waals surface area contributed by atoms with Gasteiger partial charge in [-0.3, -0.25) is 9.59 Å². The number of carbonyl (C=O) groups is 2. The molecule has 292 valence electrons. The van der Waals surface area contributed by atoms with E-state index in [0.29, 0.717) is 12.8 Å². The molecule has 0 spiro atoms. The quantitative estimate of drug-likeness (QED) is 0.0392. The third-order valence-electron chi connectivity index (χ3n) is 9.41. The number of unbranched alkanes of at least 4 members (excludes halogenated alkanes) is 25. The van der Waals surface area contributed by atoms with Gasteiger partial charge in [-0.25, -0.2) is 0 Å². The van der Waals surface area contributed by atoms with Crippen LogP contribution in [0.1, 0.15) is 219 Å². The zero-order valence-corrected chi connectivity index (χ0v) is 33.2. The molecule has 0 amide bonds. The average molecular weight is 703 g/mol. The third kappa shape index (κ3) is 38.9. The molecule has 0 aromatic heterocycles. The van der Waals surface area contributed by atoms with Crippen LogP contribution in [-0.2, 0) is 19.1 Å². The van der Waals surface area contributed by atoms with Gasteiger partial charge < -0.3 is 14.6 Å². The van der Waals surface area contributed by atoms with Crippen LogP contribution in [0.15, 0.2) is 36.5 Å². The van der Waals surface area contributed by atoms with Gasteiger partial charge >= 0.3 is 11.9 Å². The largest absolute Gasteiger partial charge is 0.462 e. The lowest BCUT2D eigenvalue weighted by Gasteiger charge is -2.15. The fourth-order valence-electron chi connectivity index (χ4n) is 6.11. The number of hydrogen-bond donors (Lipinski definition) is 1. The second kappa shape index (κ2) is 41.5. The maximum atomic E-state index is 12.2. The first kappa shape index (κ1) is 48.1. The molecule has 0 aliphatic heterocycles. The van der Waals surface area contributed by atoms with Crippen LogP contribution in [0, 0.1) is 0 Å². The van der Waals surface area contributed by atoms with Crippen molar-refractivity contribution in [1.82, 2.24) is 0 Å². The van der Waals surface area contributed by atoms with Gasteiger partial charge in [0, 0.05) is 12.8 Å². The van der Waals surface area contributed by atoms with Crippen molar-refractivity contribution in [3.63, 3.8) is 0 Å². The first-order valence-corrected chi connectivity index (χ1v) is 21.5. The molecular formula is C45H82O5. The lowest BCUT2D eigenvalue weighted by atomic mass is 10.1. The maximum absolute atomic E-state index is 12.2. The molecule has 0 bridgehead atoms. The number of hydrogen-bond acceptors (Lipinski definition) is 5. The Bertz CT molecular complexity index is 801. The smallest absolute Gasteiger partial charge is 0.306 e. The molecule has 1 unspecified atom stereocenters. The second-order valence-electron chi connectivity index (χ2n) is 14.4. The summed E-state index contributed by atoms with van der Waals surface area (Å²) >= 11 is 0. The van der Waals surface area contributed by atoms with E-state index < -0.39 is 6.10 Å². The molecular weight excluding hydrogens is 620 g/mol. The van der Waals surface area contributed by atoms with E-state index in [2.05, 4.69) is 50.3 Å². The minimum atomic E-state index is -0.775. The number of allylic oxidation sites excluding steroid dienone is 6. The molecule has 0 heterocycles. The predicted octanol–water partition coefficient (Wildman–Crippen LogP) is 13.6. The van der Waals surface area contributed by atoms with E-state index in [0.717, 1.165) is 51.4 Å². The molecule has 0 aromatic rings. The normalized spacial score (nSPS) is 12.5. The van der Waals surface area contributed by atoms with E-state index in [-0.39, 0.29) is 25.2 Å². The number of carbonyl (C=O) groups excluding carboxylic acids is 2. The van der Waals surface area contributed by atoms with Crippen LogP contribution in [0.3, 0.4) is 0 Å². The lowest BCUT2D eigenvalue weighted by molar-refractivity contribution is -0.161. The van der Waals surface area contributed by atoms with Gasteiger partial charge in [0.05, 0.1) is 6.61 Å². The van der Waals surface area contributed by atoms with Crippen LogP contribution >= 0.6 is 0 Å². The Labute approximate surface area is 310 Å². The first-order valence-electron chi connectivity index (χ1n) is 21.5. The summed E-state index contributed by atoms with van der Waals surface area (Å²) in [5.74, 6) is -0.597. The molecule has 5 nitrogen and oxygen atoms in total. The summed E-state index contributed by atoms with van der Waals surface area (Å²) in [5.41, 5.74) is 0. The standard InChI is InChI=1S/C45H82O5/c1-3-5-7-9-11-13-15-17-19-21-22-24-25-27-29-31-33-35-37-39-44(47)49-42-43(41-46)50-45(48)40-38-36-34-32-30-28-26-23-20-18-16-14-12-10-8-6-4-2/h12,14,17-20,43,46H,3-11,13,15-16,21-42H2,1-2H3/b14-12-,19-17-,20-18-. The number of ether oxygens (including phenoxy) is 2. The van der Waals surface area contributed by atoms with E-state index in [9.17, 15) is 14.7 Å². The van der Waals surface area contributed by atoms with Crippen molar-refractivity contribution >= 4 is 11.9 Å². The molecule has 0 fully saturated rings. The maximum Gasteiger partial charge on any atom is 0.306 e. The van der Waals surface area contributed by atoms with E-state index in [1.54, 1.807) is 0 Å². The minimum Gasteiger partial charge on any atom is -0.462 e. The molecule has 0 saturated heterocycles. The number of rotatable bonds is 39. The third-order valence-corrected chi connectivity index (χ3v) is 9.41. The molecule has 0 saturated carbocycles. The van der Waals surface area contributed by atoms with Gasteiger partial charge in [0.1, 0.15) is 6.61 Å². The molecule has 50 heavy (non-hydrogen) atoms. The Kier molecular flexibility index (Phi) is 40.0. The fourth-order valence-corrected chi connectivity index (χ4v) is 6.11. The highest BCUT2D eigenvalue weighted by atomic mass is 16.6. The lowest BCUT2D eigenvalue weighted by Crippen LogP contribution is -2.28. The van der Waals surface area contributed by atoms with Gasteiger partial charge in [-0.15, -0.1) is 0 Å². The van der Waals surface area contributed by atoms with Gasteiger partial charge in [-0.2, -0.15) is 0 Å². The summed E-state index contributed by atoms with van der Waals surface area (Å²) < 4.78 is 10.6. The van der Waals surface area contributed by atoms with Crippen molar-refractivity contribution < 1.29 is 24.2 Å². The van der Waals surface area contributed by atoms with Gasteiger partial charge in [-0.05, 0) is 70.6 Å².